The van der Waals surface area contributed by atoms with Gasteiger partial charge in [-0.15, -0.1) is 11.8 Å². The summed E-state index contributed by atoms with van der Waals surface area (Å²) in [5.41, 5.74) is 4.37. The molecule has 1 amide bonds. The lowest BCUT2D eigenvalue weighted by Crippen LogP contribution is -2.19. The first-order valence-corrected chi connectivity index (χ1v) is 8.45. The maximum absolute atomic E-state index is 11.7. The van der Waals surface area contributed by atoms with E-state index in [4.69, 9.17) is 23.2 Å². The van der Waals surface area contributed by atoms with Gasteiger partial charge < -0.3 is 0 Å². The molecule has 6 heteroatoms. The van der Waals surface area contributed by atoms with Gasteiger partial charge in [0.2, 0.25) is 5.91 Å². The maximum atomic E-state index is 11.7. The SMILES string of the molecule is O=C(CSCc1ccccc1)N/N=C\c1ccc(Cl)cc1Cl. The maximum Gasteiger partial charge on any atom is 0.250 e. The molecule has 2 rings (SSSR count). The zero-order valence-corrected chi connectivity index (χ0v) is 14.0. The van der Waals surface area contributed by atoms with Crippen LogP contribution >= 0.6 is 35.0 Å². The molecule has 0 heterocycles. The summed E-state index contributed by atoms with van der Waals surface area (Å²) in [6.45, 7) is 0. The average molecular weight is 353 g/mol. The lowest BCUT2D eigenvalue weighted by atomic mass is 10.2. The molecule has 3 nitrogen and oxygen atoms in total. The Morgan fingerprint density at radius 3 is 2.68 bits per heavy atom. The second-order valence-corrected chi connectivity index (χ2v) is 6.27. The fourth-order valence-electron chi connectivity index (χ4n) is 1.65. The Balaban J connectivity index is 1.74. The quantitative estimate of drug-likeness (QED) is 0.619. The Morgan fingerprint density at radius 2 is 1.95 bits per heavy atom. The molecule has 114 valence electrons. The number of thioether (sulfide) groups is 1. The fraction of sp³-hybridized carbons (Fsp3) is 0.125. The molecule has 0 atom stereocenters. The number of hydrogen-bond donors (Lipinski definition) is 1. The van der Waals surface area contributed by atoms with Crippen molar-refractivity contribution in [2.45, 2.75) is 5.75 Å². The summed E-state index contributed by atoms with van der Waals surface area (Å²) in [4.78, 5) is 11.7. The standard InChI is InChI=1S/C16H14Cl2N2OS/c17-14-7-6-13(15(18)8-14)9-19-20-16(21)11-22-10-12-4-2-1-3-5-12/h1-9H,10-11H2,(H,20,21)/b19-9-. The van der Waals surface area contributed by atoms with Gasteiger partial charge in [-0.25, -0.2) is 5.43 Å². The highest BCUT2D eigenvalue weighted by molar-refractivity contribution is 7.99. The summed E-state index contributed by atoms with van der Waals surface area (Å²) in [5.74, 6) is 0.990. The van der Waals surface area contributed by atoms with Crippen LogP contribution in [0.2, 0.25) is 10.0 Å². The Bertz CT molecular complexity index is 662. The summed E-state index contributed by atoms with van der Waals surface area (Å²) in [5, 5.41) is 4.94. The molecule has 0 spiro atoms. The number of halogens is 2. The summed E-state index contributed by atoms with van der Waals surface area (Å²) in [6, 6.07) is 15.1. The van der Waals surface area contributed by atoms with E-state index in [1.807, 2.05) is 30.3 Å². The largest absolute Gasteiger partial charge is 0.272 e. The summed E-state index contributed by atoms with van der Waals surface area (Å²) >= 11 is 13.3. The number of rotatable bonds is 6. The highest BCUT2D eigenvalue weighted by Crippen LogP contribution is 2.19. The number of nitrogens with zero attached hydrogens (tertiary/aromatic N) is 1. The molecule has 0 radical (unpaired) electrons. The van der Waals surface area contributed by atoms with Crippen molar-refractivity contribution in [3.05, 3.63) is 69.7 Å². The molecule has 0 fully saturated rings. The minimum Gasteiger partial charge on any atom is -0.272 e. The lowest BCUT2D eigenvalue weighted by Gasteiger charge is -2.02. The molecule has 0 aliphatic heterocycles. The predicted octanol–water partition coefficient (Wildman–Crippen LogP) is 4.38. The number of benzene rings is 2. The Morgan fingerprint density at radius 1 is 1.18 bits per heavy atom. The average Bonchev–Trinajstić information content (AvgIpc) is 2.50. The summed E-state index contributed by atoms with van der Waals surface area (Å²) in [6.07, 6.45) is 1.50. The van der Waals surface area contributed by atoms with E-state index in [1.165, 1.54) is 23.5 Å². The number of carbonyl (C=O) groups excluding carboxylic acids is 1. The number of nitrogens with one attached hydrogen (secondary N) is 1. The molecule has 0 saturated heterocycles. The fourth-order valence-corrected chi connectivity index (χ4v) is 2.89. The Labute approximate surface area is 143 Å². The van der Waals surface area contributed by atoms with Crippen molar-refractivity contribution in [1.82, 2.24) is 5.43 Å². The van der Waals surface area contributed by atoms with Crippen molar-refractivity contribution in [3.63, 3.8) is 0 Å². The van der Waals surface area contributed by atoms with E-state index in [2.05, 4.69) is 10.5 Å². The van der Waals surface area contributed by atoms with Crippen molar-refractivity contribution in [1.29, 1.82) is 0 Å². The molecular formula is C16H14Cl2N2OS. The highest BCUT2D eigenvalue weighted by atomic mass is 35.5. The first-order chi connectivity index (χ1) is 10.6. The molecular weight excluding hydrogens is 339 g/mol. The van der Waals surface area contributed by atoms with Gasteiger partial charge in [0.05, 0.1) is 17.0 Å². The van der Waals surface area contributed by atoms with E-state index in [0.29, 0.717) is 21.4 Å². The molecule has 2 aromatic carbocycles. The third kappa shape index (κ3) is 5.72. The topological polar surface area (TPSA) is 41.5 Å². The predicted molar refractivity (Wildman–Crippen MR) is 94.8 cm³/mol. The van der Waals surface area contributed by atoms with Crippen LogP contribution in [0.3, 0.4) is 0 Å². The summed E-state index contributed by atoms with van der Waals surface area (Å²) < 4.78 is 0. The van der Waals surface area contributed by atoms with Gasteiger partial charge in [-0.1, -0.05) is 59.6 Å². The number of amides is 1. The molecule has 1 N–H and O–H groups in total. The zero-order valence-electron chi connectivity index (χ0n) is 11.6. The van der Waals surface area contributed by atoms with Gasteiger partial charge in [0.15, 0.2) is 0 Å². The third-order valence-corrected chi connectivity index (χ3v) is 4.27. The molecule has 0 unspecified atom stereocenters. The van der Waals surface area contributed by atoms with Gasteiger partial charge in [-0.3, -0.25) is 4.79 Å². The van der Waals surface area contributed by atoms with Gasteiger partial charge >= 0.3 is 0 Å². The molecule has 0 aliphatic carbocycles. The minimum absolute atomic E-state index is 0.151. The van der Waals surface area contributed by atoms with E-state index in [-0.39, 0.29) is 5.91 Å². The first kappa shape index (κ1) is 16.9. The molecule has 0 aliphatic rings. The van der Waals surface area contributed by atoms with E-state index < -0.39 is 0 Å². The van der Waals surface area contributed by atoms with Crippen LogP contribution in [0.4, 0.5) is 0 Å². The zero-order chi connectivity index (χ0) is 15.8. The third-order valence-electron chi connectivity index (χ3n) is 2.70. The van der Waals surface area contributed by atoms with Crippen molar-refractivity contribution in [2.24, 2.45) is 5.10 Å². The van der Waals surface area contributed by atoms with E-state index in [9.17, 15) is 4.79 Å². The van der Waals surface area contributed by atoms with Gasteiger partial charge in [0.1, 0.15) is 0 Å². The van der Waals surface area contributed by atoms with Gasteiger partial charge in [-0.05, 0) is 17.7 Å². The molecule has 2 aromatic rings. The van der Waals surface area contributed by atoms with E-state index in [0.717, 1.165) is 5.75 Å². The molecule has 0 bridgehead atoms. The van der Waals surface area contributed by atoms with Crippen LogP contribution in [-0.4, -0.2) is 17.9 Å². The van der Waals surface area contributed by atoms with Crippen LogP contribution in [0.25, 0.3) is 0 Å². The van der Waals surface area contributed by atoms with Crippen LogP contribution < -0.4 is 5.43 Å². The first-order valence-electron chi connectivity index (χ1n) is 6.54. The van der Waals surface area contributed by atoms with Crippen LogP contribution in [0.5, 0.6) is 0 Å². The van der Waals surface area contributed by atoms with Crippen molar-refractivity contribution in [3.8, 4) is 0 Å². The highest BCUT2D eigenvalue weighted by Gasteiger charge is 2.01. The minimum atomic E-state index is -0.151. The number of hydrazone groups is 1. The van der Waals surface area contributed by atoms with Gasteiger partial charge in [0, 0.05) is 16.3 Å². The van der Waals surface area contributed by atoms with E-state index >= 15 is 0 Å². The Hall–Kier alpha value is -1.49. The number of carbonyl (C=O) groups is 1. The monoisotopic (exact) mass is 352 g/mol. The van der Waals surface area contributed by atoms with Crippen LogP contribution in [0.1, 0.15) is 11.1 Å². The summed E-state index contributed by atoms with van der Waals surface area (Å²) in [7, 11) is 0. The van der Waals surface area contributed by atoms with Crippen LogP contribution in [0.15, 0.2) is 53.6 Å². The van der Waals surface area contributed by atoms with Crippen LogP contribution in [-0.2, 0) is 10.5 Å². The second kappa shape index (κ2) is 8.83. The van der Waals surface area contributed by atoms with Crippen molar-refractivity contribution >= 4 is 47.1 Å². The lowest BCUT2D eigenvalue weighted by molar-refractivity contribution is -0.118. The van der Waals surface area contributed by atoms with Crippen molar-refractivity contribution in [2.75, 3.05) is 5.75 Å². The normalized spacial score (nSPS) is 10.8. The van der Waals surface area contributed by atoms with Crippen molar-refractivity contribution < 1.29 is 4.79 Å². The Kier molecular flexibility index (Phi) is 6.77. The smallest absolute Gasteiger partial charge is 0.250 e. The van der Waals surface area contributed by atoms with Crippen LogP contribution in [0, 0.1) is 0 Å². The van der Waals surface area contributed by atoms with Gasteiger partial charge in [0.25, 0.3) is 0 Å². The second-order valence-electron chi connectivity index (χ2n) is 4.44. The number of hydrogen-bond acceptors (Lipinski definition) is 3. The van der Waals surface area contributed by atoms with E-state index in [1.54, 1.807) is 18.2 Å². The van der Waals surface area contributed by atoms with Gasteiger partial charge in [-0.2, -0.15) is 5.10 Å². The molecule has 0 saturated carbocycles. The molecule has 0 aromatic heterocycles. The molecule has 22 heavy (non-hydrogen) atoms.